The molecule has 2 nitrogen and oxygen atoms in total. The summed E-state index contributed by atoms with van der Waals surface area (Å²) >= 11 is 0. The Kier molecular flexibility index (Phi) is 5.21. The van der Waals surface area contributed by atoms with Gasteiger partial charge in [-0.15, -0.1) is 0 Å². The maximum absolute atomic E-state index is 9.23. The Labute approximate surface area is 465 Å². The molecule has 0 bridgehead atoms. The first-order chi connectivity index (χ1) is 48.3. The van der Waals surface area contributed by atoms with Crippen LogP contribution in [0.1, 0.15) is 38.4 Å². The van der Waals surface area contributed by atoms with Crippen molar-refractivity contribution in [1.29, 1.82) is 0 Å². The van der Waals surface area contributed by atoms with Crippen molar-refractivity contribution >= 4 is 109 Å². The minimum atomic E-state index is -0.651. The molecule has 0 amide bonds. The van der Waals surface area contributed by atoms with E-state index in [0.717, 1.165) is 16.2 Å². The zero-order valence-corrected chi connectivity index (χ0v) is 38.1. The zero-order chi connectivity index (χ0) is 73.1. The molecular weight excluding hydrogens is 897 g/mol. The van der Waals surface area contributed by atoms with Crippen molar-refractivity contribution in [2.45, 2.75) is 0 Å². The van der Waals surface area contributed by atoms with E-state index in [1.54, 1.807) is 48.5 Å². The lowest BCUT2D eigenvalue weighted by atomic mass is 9.85. The summed E-state index contributed by atoms with van der Waals surface area (Å²) < 4.78 is 258. The molecule has 0 saturated heterocycles. The molecule has 2 aromatic heterocycles. The SMILES string of the molecule is [2H]c1c([2H])c([2H])c2c([2H])c([2H])c(-c3c4c([2H])c([2H])c([2H])c([2H])c4c(-c4ccc5c(c4)oc4ccccc45)c4c([2H])c([2H])c([2H])c([2H])c34)cc2c1[2H].[2H]c1c([2H])c([2H])c2c([2H])c([2H])c(-c3c4c([2H])c([2H])c([2H])c([2H])c4c(-c4cccc5c4oc4ccccc45)c4c([2H])c([2H])c([2H])c([2H])c34)cc2c1[2H]. The third-order valence-electron chi connectivity index (χ3n) is 13.3. The van der Waals surface area contributed by atoms with Gasteiger partial charge in [-0.05, 0) is 134 Å². The van der Waals surface area contributed by atoms with Crippen molar-refractivity contribution in [3.8, 4) is 44.5 Å². The number of fused-ring (bicyclic) bond motifs is 12. The van der Waals surface area contributed by atoms with Gasteiger partial charge in [0.25, 0.3) is 0 Å². The molecule has 0 atom stereocenters. The van der Waals surface area contributed by atoms with Gasteiger partial charge >= 0.3 is 0 Å². The van der Waals surface area contributed by atoms with Crippen molar-refractivity contribution in [3.05, 3.63) is 266 Å². The molecular formula is C72H44O2. The number of para-hydroxylation sites is 3. The Morgan fingerprint density at radius 1 is 0.243 bits per heavy atom. The summed E-state index contributed by atoms with van der Waals surface area (Å²) in [5.41, 5.74) is 1.79. The predicted octanol–water partition coefficient (Wildman–Crippen LogP) is 20.8. The molecule has 344 valence electrons. The van der Waals surface area contributed by atoms with Gasteiger partial charge in [-0.25, -0.2) is 0 Å². The predicted molar refractivity (Wildman–Crippen MR) is 314 cm³/mol. The number of rotatable bonds is 4. The summed E-state index contributed by atoms with van der Waals surface area (Å²) in [6.07, 6.45) is 0. The molecule has 0 saturated carbocycles. The largest absolute Gasteiger partial charge is 0.456 e. The van der Waals surface area contributed by atoms with Gasteiger partial charge in [0.15, 0.2) is 0 Å². The molecule has 0 fully saturated rings. The van der Waals surface area contributed by atoms with Gasteiger partial charge in [-0.3, -0.25) is 0 Å². The molecule has 0 radical (unpaired) electrons. The van der Waals surface area contributed by atoms with E-state index >= 15 is 0 Å². The summed E-state index contributed by atoms with van der Waals surface area (Å²) in [5.74, 6) is 0. The van der Waals surface area contributed by atoms with Crippen molar-refractivity contribution in [2.75, 3.05) is 0 Å². The van der Waals surface area contributed by atoms with Crippen LogP contribution in [-0.2, 0) is 0 Å². The Morgan fingerprint density at radius 3 is 1.15 bits per heavy atom. The highest BCUT2D eigenvalue weighted by molar-refractivity contribution is 6.25. The summed E-state index contributed by atoms with van der Waals surface area (Å²) in [6.45, 7) is 0. The van der Waals surface area contributed by atoms with Crippen molar-refractivity contribution in [3.63, 3.8) is 0 Å². The average Bonchev–Trinajstić information content (AvgIpc) is 1.19. The zero-order valence-electron chi connectivity index (χ0n) is 66.1. The fraction of sp³-hybridized carbons (Fsp3) is 0. The van der Waals surface area contributed by atoms with Crippen molar-refractivity contribution < 1.29 is 47.2 Å². The number of hydrogen-bond acceptors (Lipinski definition) is 2. The van der Waals surface area contributed by atoms with Crippen LogP contribution in [0.3, 0.4) is 0 Å². The van der Waals surface area contributed by atoms with Crippen LogP contribution >= 0.6 is 0 Å². The second-order valence-corrected chi connectivity index (χ2v) is 17.3. The van der Waals surface area contributed by atoms with E-state index in [2.05, 4.69) is 0 Å². The highest BCUT2D eigenvalue weighted by atomic mass is 16.3. The maximum Gasteiger partial charge on any atom is 0.143 e. The Balaban J connectivity index is 0.000000165. The maximum atomic E-state index is 9.23. The molecule has 0 unspecified atom stereocenters. The Morgan fingerprint density at radius 2 is 0.635 bits per heavy atom. The molecule has 0 aliphatic rings. The van der Waals surface area contributed by atoms with Crippen LogP contribution in [0.4, 0.5) is 0 Å². The number of furan rings is 2. The standard InChI is InChI=1S/2C36H22O/c1-2-11-24-22-25(21-20-23(24)10-1)34-27-13-3-5-15-29(27)35(30-16-6-4-14-28(30)34)32-18-9-17-31-26-12-7-8-19-33(26)37-36(31)32;1-2-10-24-21-25(18-17-23(24)9-1)35-29-12-3-5-14-31(29)36(32-15-6-4-13-30(32)35)26-19-20-28-27-11-7-8-16-33(27)37-34(28)22-26/h2*1-22H/i1D,2D,3D,4D,5D,6D,10D,11D,13D,14D,15D,16D,20D,21D;1D,2D,3D,4D,5D,6D,9D,10D,12D,13D,14D,15D,17D,18D. The first-order valence-corrected chi connectivity index (χ1v) is 23.1. The van der Waals surface area contributed by atoms with Gasteiger partial charge in [0, 0.05) is 32.7 Å². The van der Waals surface area contributed by atoms with E-state index in [9.17, 15) is 8.22 Å². The second kappa shape index (κ2) is 16.9. The molecule has 0 N–H and O–H groups in total. The quantitative estimate of drug-likeness (QED) is 0.164. The summed E-state index contributed by atoms with van der Waals surface area (Å²) in [6, 6.07) is 11.2. The molecule has 0 aliphatic carbocycles. The van der Waals surface area contributed by atoms with Crippen molar-refractivity contribution in [1.82, 2.24) is 0 Å². The van der Waals surface area contributed by atoms with E-state index in [-0.39, 0.29) is 98.0 Å². The van der Waals surface area contributed by atoms with Gasteiger partial charge in [-0.1, -0.05) is 230 Å². The fourth-order valence-corrected chi connectivity index (χ4v) is 10.1. The lowest BCUT2D eigenvalue weighted by molar-refractivity contribution is 0.669. The molecule has 2 heteroatoms. The van der Waals surface area contributed by atoms with E-state index in [1.165, 1.54) is 12.1 Å². The van der Waals surface area contributed by atoms with Crippen LogP contribution < -0.4 is 0 Å². The summed E-state index contributed by atoms with van der Waals surface area (Å²) in [7, 11) is 0. The third kappa shape index (κ3) is 6.66. The Hall–Kier alpha value is -9.76. The van der Waals surface area contributed by atoms with Crippen LogP contribution in [-0.4, -0.2) is 0 Å². The van der Waals surface area contributed by atoms with Gasteiger partial charge in [0.1, 0.15) is 22.3 Å². The van der Waals surface area contributed by atoms with Crippen LogP contribution in [0.15, 0.2) is 275 Å². The van der Waals surface area contributed by atoms with Crippen LogP contribution in [0, 0.1) is 0 Å². The summed E-state index contributed by atoms with van der Waals surface area (Å²) in [5, 5.41) is 1.01. The van der Waals surface area contributed by atoms with Gasteiger partial charge in [0.2, 0.25) is 0 Å². The summed E-state index contributed by atoms with van der Waals surface area (Å²) in [4.78, 5) is 0. The van der Waals surface area contributed by atoms with Gasteiger partial charge < -0.3 is 8.83 Å². The van der Waals surface area contributed by atoms with E-state index in [1.807, 2.05) is 36.4 Å². The van der Waals surface area contributed by atoms with Gasteiger partial charge in [0.05, 0.1) is 38.4 Å². The van der Waals surface area contributed by atoms with Crippen LogP contribution in [0.2, 0.25) is 0 Å². The van der Waals surface area contributed by atoms with Crippen LogP contribution in [0.5, 0.6) is 0 Å². The molecule has 16 aromatic rings. The minimum absolute atomic E-state index is 0.0488. The van der Waals surface area contributed by atoms with Crippen molar-refractivity contribution in [2.24, 2.45) is 0 Å². The lowest BCUT2D eigenvalue weighted by Crippen LogP contribution is -1.91. The van der Waals surface area contributed by atoms with E-state index in [4.69, 9.17) is 39.0 Å². The minimum Gasteiger partial charge on any atom is -0.456 e. The van der Waals surface area contributed by atoms with Gasteiger partial charge in [-0.2, -0.15) is 0 Å². The second-order valence-electron chi connectivity index (χ2n) is 17.3. The van der Waals surface area contributed by atoms with Crippen LogP contribution in [0.25, 0.3) is 153 Å². The normalized spacial score (nSPS) is 17.1. The first-order valence-electron chi connectivity index (χ1n) is 37.1. The average molecular weight is 969 g/mol. The lowest BCUT2D eigenvalue weighted by Gasteiger charge is -2.18. The molecule has 74 heavy (non-hydrogen) atoms. The molecule has 0 spiro atoms. The number of hydrogen-bond donors (Lipinski definition) is 0. The first kappa shape index (κ1) is 22.8. The highest BCUT2D eigenvalue weighted by Crippen LogP contribution is 2.48. The molecule has 2 heterocycles. The topological polar surface area (TPSA) is 26.3 Å². The Bertz CT molecular complexity index is 6450. The molecule has 14 aromatic carbocycles. The fourth-order valence-electron chi connectivity index (χ4n) is 10.1. The van der Waals surface area contributed by atoms with E-state index in [0.29, 0.717) is 38.8 Å². The smallest absolute Gasteiger partial charge is 0.143 e. The highest BCUT2D eigenvalue weighted by Gasteiger charge is 2.21. The molecule has 0 aliphatic heterocycles. The number of benzene rings is 14. The van der Waals surface area contributed by atoms with E-state index < -0.39 is 169 Å². The molecule has 16 rings (SSSR count). The third-order valence-corrected chi connectivity index (χ3v) is 13.3. The monoisotopic (exact) mass is 969 g/mol.